The Morgan fingerprint density at radius 1 is 0.549 bits per heavy atom. The average molecular weight is 1050 g/mol. The molecule has 1 aliphatic carbocycles. The molecule has 406 valence electrons. The summed E-state index contributed by atoms with van der Waals surface area (Å²) in [5.74, 6) is -1.47. The lowest BCUT2D eigenvalue weighted by atomic mass is 9.85. The number of phosphoric acid groups is 2. The molecule has 0 saturated heterocycles. The minimum Gasteiger partial charge on any atom is -0.462 e. The van der Waals surface area contributed by atoms with Crippen LogP contribution in [0.25, 0.3) is 0 Å². The third kappa shape index (κ3) is 34.8. The van der Waals surface area contributed by atoms with Crippen molar-refractivity contribution in [3.63, 3.8) is 0 Å². The Morgan fingerprint density at radius 2 is 1.07 bits per heavy atom. The van der Waals surface area contributed by atoms with Crippen molar-refractivity contribution in [3.8, 4) is 0 Å². The quantitative estimate of drug-likeness (QED) is 0.00926. The molecule has 10 atom stereocenters. The van der Waals surface area contributed by atoms with E-state index in [4.69, 9.17) is 18.5 Å². The highest BCUT2D eigenvalue weighted by molar-refractivity contribution is 7.47. The van der Waals surface area contributed by atoms with E-state index < -0.39 is 95.7 Å². The van der Waals surface area contributed by atoms with Crippen LogP contribution in [0.4, 0.5) is 0 Å². The van der Waals surface area contributed by atoms with Gasteiger partial charge < -0.3 is 54.8 Å². The minimum absolute atomic E-state index is 0.0307. The first kappa shape index (κ1) is 65.9. The van der Waals surface area contributed by atoms with Crippen molar-refractivity contribution in [2.45, 2.75) is 197 Å². The maximum absolute atomic E-state index is 13.0. The van der Waals surface area contributed by atoms with Crippen molar-refractivity contribution in [1.82, 2.24) is 0 Å². The summed E-state index contributed by atoms with van der Waals surface area (Å²) in [6, 6.07) is 0. The van der Waals surface area contributed by atoms with Gasteiger partial charge in [0.1, 0.15) is 43.2 Å². The molecule has 0 aromatic rings. The Kier molecular flexibility index (Phi) is 37.3. The zero-order valence-corrected chi connectivity index (χ0v) is 43.4. The predicted octanol–water partition coefficient (Wildman–Crippen LogP) is 7.89. The van der Waals surface area contributed by atoms with E-state index in [2.05, 4.69) is 73.1 Å². The van der Waals surface area contributed by atoms with Gasteiger partial charge in [0.05, 0.1) is 18.8 Å². The third-order valence-electron chi connectivity index (χ3n) is 10.8. The van der Waals surface area contributed by atoms with Gasteiger partial charge in [-0.3, -0.25) is 23.2 Å². The Bertz CT molecular complexity index is 1770. The summed E-state index contributed by atoms with van der Waals surface area (Å²) in [4.78, 5) is 54.4. The maximum atomic E-state index is 13.0. The van der Waals surface area contributed by atoms with Crippen molar-refractivity contribution < 1.29 is 87.1 Å². The molecule has 0 heterocycles. The molecule has 0 aliphatic heterocycles. The van der Waals surface area contributed by atoms with Gasteiger partial charge in [-0.1, -0.05) is 150 Å². The van der Waals surface area contributed by atoms with Crippen LogP contribution in [0, 0.1) is 0 Å². The lowest BCUT2D eigenvalue weighted by molar-refractivity contribution is -0.216. The molecule has 0 bridgehead atoms. The fourth-order valence-corrected chi connectivity index (χ4v) is 8.45. The number of hydrogen-bond acceptors (Lipinski definition) is 15. The van der Waals surface area contributed by atoms with Crippen LogP contribution in [0.3, 0.4) is 0 Å². The Hall–Kier alpha value is -3.16. The first-order valence-electron chi connectivity index (χ1n) is 25.0. The van der Waals surface area contributed by atoms with E-state index in [0.29, 0.717) is 12.8 Å². The Balaban J connectivity index is 2.69. The molecule has 1 fully saturated rings. The van der Waals surface area contributed by atoms with Gasteiger partial charge in [0, 0.05) is 12.8 Å². The van der Waals surface area contributed by atoms with E-state index in [0.717, 1.165) is 83.5 Å². The standard InChI is InChI=1S/C51H84O18P2/c1-3-5-7-9-11-12-13-14-15-16-17-18-19-20-21-22-23-25-31-37-45(55)67-43(40-66-71(63,64)69-51-48(58)46(56)47(57)50(49(51)59)68-70(60,61)62)39-65-44(54)38-32-36-42(53)35-30-27-26-29-34-41(52)33-28-24-10-8-6-4-2/h5,7,11-12,14-15,17-18,24,26-30,34-35,41-43,46-53,56-59H,3-4,6,8-10,13,16,19-23,25,31-33,36-40H2,1-2H3,(H,63,64)(H2,60,61,62)/b7-5-,12-11-,15-14-,18-17-,27-26+,28-24-,34-29+,35-30-/t41-,42-,43-,46?,47?,48?,49?,50-,51+/m1/s1. The van der Waals surface area contributed by atoms with Gasteiger partial charge in [-0.2, -0.15) is 0 Å². The van der Waals surface area contributed by atoms with Crippen LogP contribution < -0.4 is 0 Å². The topological polar surface area (TPSA) is 296 Å². The van der Waals surface area contributed by atoms with Gasteiger partial charge in [0.15, 0.2) is 6.10 Å². The van der Waals surface area contributed by atoms with Crippen LogP contribution in [-0.4, -0.2) is 125 Å². The summed E-state index contributed by atoms with van der Waals surface area (Å²) in [6.07, 6.45) is 29.6. The SMILES string of the molecule is CC/C=C\C/C=C\C/C=C\C/C=C\CCCCCCCCC(=O)O[C@H](COC(=O)CCC[C@H](O)\C=C/C=C/C=C/[C@H](O)C/C=C\CCCCC)COP(=O)(O)O[C@H]1C(O)C(O)C(O)[C@@H](OP(=O)(O)O)C1O. The average Bonchev–Trinajstić information content (AvgIpc) is 3.32. The number of allylic oxidation sites excluding steroid dienone is 13. The van der Waals surface area contributed by atoms with E-state index in [-0.39, 0.29) is 25.7 Å². The van der Waals surface area contributed by atoms with Crippen LogP contribution in [0.5, 0.6) is 0 Å². The minimum atomic E-state index is -5.40. The number of rotatable bonds is 40. The number of aliphatic hydroxyl groups excluding tert-OH is 6. The second-order valence-corrected chi connectivity index (χ2v) is 19.8. The van der Waals surface area contributed by atoms with Crippen molar-refractivity contribution in [3.05, 3.63) is 97.2 Å². The van der Waals surface area contributed by atoms with Crippen LogP contribution in [0.2, 0.25) is 0 Å². The van der Waals surface area contributed by atoms with Gasteiger partial charge in [-0.05, 0) is 77.0 Å². The number of unbranched alkanes of at least 4 members (excludes halogenated alkanes) is 9. The molecule has 1 rings (SSSR count). The highest BCUT2D eigenvalue weighted by Crippen LogP contribution is 2.49. The summed E-state index contributed by atoms with van der Waals surface area (Å²) >= 11 is 0. The molecule has 18 nitrogen and oxygen atoms in total. The molecule has 0 amide bonds. The molecule has 71 heavy (non-hydrogen) atoms. The lowest BCUT2D eigenvalue weighted by Gasteiger charge is -2.43. The van der Waals surface area contributed by atoms with Crippen molar-refractivity contribution in [2.24, 2.45) is 0 Å². The van der Waals surface area contributed by atoms with Gasteiger partial charge >= 0.3 is 27.6 Å². The molecule has 0 spiro atoms. The van der Waals surface area contributed by atoms with E-state index >= 15 is 0 Å². The van der Waals surface area contributed by atoms with Gasteiger partial charge in [0.25, 0.3) is 0 Å². The van der Waals surface area contributed by atoms with Gasteiger partial charge in [-0.15, -0.1) is 0 Å². The highest BCUT2D eigenvalue weighted by Gasteiger charge is 2.54. The zero-order chi connectivity index (χ0) is 52.8. The van der Waals surface area contributed by atoms with E-state index in [1.807, 2.05) is 6.08 Å². The summed E-state index contributed by atoms with van der Waals surface area (Å²) in [5.41, 5.74) is 0. The third-order valence-corrected chi connectivity index (χ3v) is 12.3. The van der Waals surface area contributed by atoms with Crippen molar-refractivity contribution >= 4 is 27.6 Å². The molecule has 0 aromatic heterocycles. The van der Waals surface area contributed by atoms with Crippen molar-refractivity contribution in [1.29, 1.82) is 0 Å². The van der Waals surface area contributed by atoms with Gasteiger partial charge in [0.2, 0.25) is 0 Å². The molecule has 5 unspecified atom stereocenters. The summed E-state index contributed by atoms with van der Waals surface area (Å²) < 4.78 is 49.3. The smallest absolute Gasteiger partial charge is 0.462 e. The van der Waals surface area contributed by atoms with Crippen LogP contribution in [0.15, 0.2) is 97.2 Å². The largest absolute Gasteiger partial charge is 0.472 e. The van der Waals surface area contributed by atoms with Crippen LogP contribution in [-0.2, 0) is 41.8 Å². The second-order valence-electron chi connectivity index (χ2n) is 17.2. The zero-order valence-electron chi connectivity index (χ0n) is 41.6. The number of carbonyl (C=O) groups is 2. The molecule has 20 heteroatoms. The lowest BCUT2D eigenvalue weighted by Crippen LogP contribution is -2.64. The van der Waals surface area contributed by atoms with Crippen molar-refractivity contribution in [2.75, 3.05) is 13.2 Å². The molecule has 9 N–H and O–H groups in total. The molecule has 1 aliphatic rings. The monoisotopic (exact) mass is 1050 g/mol. The predicted molar refractivity (Wildman–Crippen MR) is 271 cm³/mol. The summed E-state index contributed by atoms with van der Waals surface area (Å²) in [6.45, 7) is 2.71. The van der Waals surface area contributed by atoms with Gasteiger partial charge in [-0.25, -0.2) is 9.13 Å². The van der Waals surface area contributed by atoms with E-state index in [1.54, 1.807) is 30.4 Å². The molecule has 0 radical (unpaired) electrons. The van der Waals surface area contributed by atoms with Crippen LogP contribution in [0.1, 0.15) is 142 Å². The number of hydrogen-bond donors (Lipinski definition) is 9. The fraction of sp³-hybridized carbons (Fsp3) is 0.647. The normalized spacial score (nSPS) is 22.6. The highest BCUT2D eigenvalue weighted by atomic mass is 31.2. The maximum Gasteiger partial charge on any atom is 0.472 e. The number of ether oxygens (including phenoxy) is 2. The second kappa shape index (κ2) is 40.3. The number of carbonyl (C=O) groups excluding carboxylic acids is 2. The first-order valence-corrected chi connectivity index (χ1v) is 28.0. The number of aliphatic hydroxyl groups is 6. The Labute approximate surface area is 421 Å². The fourth-order valence-electron chi connectivity index (χ4n) is 6.92. The van der Waals surface area contributed by atoms with Crippen LogP contribution >= 0.6 is 15.6 Å². The number of phosphoric ester groups is 2. The Morgan fingerprint density at radius 3 is 1.68 bits per heavy atom. The molecule has 0 aromatic carbocycles. The summed E-state index contributed by atoms with van der Waals surface area (Å²) in [5, 5.41) is 61.7. The molecular weight excluding hydrogens is 962 g/mol. The molecular formula is C51H84O18P2. The summed E-state index contributed by atoms with van der Waals surface area (Å²) in [7, 11) is -10.8. The first-order chi connectivity index (χ1) is 33.9. The number of esters is 2. The van der Waals surface area contributed by atoms with E-state index in [1.165, 1.54) is 12.5 Å². The molecule has 1 saturated carbocycles. The van der Waals surface area contributed by atoms with E-state index in [9.17, 15) is 64.0 Å².